The van der Waals surface area contributed by atoms with Crippen LogP contribution < -0.4 is 16.4 Å². The van der Waals surface area contributed by atoms with E-state index >= 15 is 0 Å². The highest BCUT2D eigenvalue weighted by Gasteiger charge is 2.31. The SMILES string of the molecule is CC(C)(CSCc1ccccc1)C(=O)N[C@@H](CSCc1ccccc1)C(=O)NCCCCCCN. The quantitative estimate of drug-likeness (QED) is 0.258. The van der Waals surface area contributed by atoms with Gasteiger partial charge >= 0.3 is 0 Å². The molecule has 0 fully saturated rings. The lowest BCUT2D eigenvalue weighted by atomic mass is 9.95. The molecule has 7 heteroatoms. The van der Waals surface area contributed by atoms with Gasteiger partial charge in [-0.15, -0.1) is 0 Å². The van der Waals surface area contributed by atoms with E-state index in [1.807, 2.05) is 50.2 Å². The molecule has 2 aromatic carbocycles. The fourth-order valence-corrected chi connectivity index (χ4v) is 5.61. The van der Waals surface area contributed by atoms with E-state index in [1.54, 1.807) is 23.5 Å². The smallest absolute Gasteiger partial charge is 0.243 e. The Balaban J connectivity index is 1.88. The van der Waals surface area contributed by atoms with Gasteiger partial charge in [0, 0.05) is 29.6 Å². The van der Waals surface area contributed by atoms with Gasteiger partial charge < -0.3 is 16.4 Å². The number of nitrogens with one attached hydrogen (secondary N) is 2. The normalized spacial score (nSPS) is 12.2. The number of hydrogen-bond acceptors (Lipinski definition) is 5. The summed E-state index contributed by atoms with van der Waals surface area (Å²) in [6.07, 6.45) is 4.06. The number of thioether (sulfide) groups is 2. The Hall–Kier alpha value is -1.96. The molecule has 2 aromatic rings. The molecule has 2 rings (SSSR count). The number of hydrogen-bond donors (Lipinski definition) is 3. The summed E-state index contributed by atoms with van der Waals surface area (Å²) in [5, 5.41) is 6.08. The second-order valence-corrected chi connectivity index (χ2v) is 11.4. The Kier molecular flexibility index (Phi) is 13.9. The maximum atomic E-state index is 13.2. The maximum Gasteiger partial charge on any atom is 0.243 e. The van der Waals surface area contributed by atoms with E-state index < -0.39 is 11.5 Å². The molecule has 192 valence electrons. The summed E-state index contributed by atoms with van der Waals surface area (Å²) < 4.78 is 0. The van der Waals surface area contributed by atoms with Crippen LogP contribution in [0, 0.1) is 5.41 Å². The van der Waals surface area contributed by atoms with Crippen molar-refractivity contribution in [2.45, 2.75) is 57.1 Å². The van der Waals surface area contributed by atoms with Crippen molar-refractivity contribution in [2.75, 3.05) is 24.6 Å². The Morgan fingerprint density at radius 2 is 1.43 bits per heavy atom. The molecule has 2 amide bonds. The Morgan fingerprint density at radius 1 is 0.857 bits per heavy atom. The van der Waals surface area contributed by atoms with Crippen molar-refractivity contribution >= 4 is 35.3 Å². The van der Waals surface area contributed by atoms with E-state index in [4.69, 9.17) is 5.73 Å². The van der Waals surface area contributed by atoms with Crippen molar-refractivity contribution in [2.24, 2.45) is 11.1 Å². The number of carbonyl (C=O) groups is 2. The van der Waals surface area contributed by atoms with Gasteiger partial charge in [0.2, 0.25) is 11.8 Å². The van der Waals surface area contributed by atoms with E-state index in [0.29, 0.717) is 24.6 Å². The molecular weight excluding hydrogens is 474 g/mol. The molecule has 0 aliphatic heterocycles. The zero-order valence-electron chi connectivity index (χ0n) is 21.1. The van der Waals surface area contributed by atoms with Crippen LogP contribution >= 0.6 is 23.5 Å². The lowest BCUT2D eigenvalue weighted by molar-refractivity contribution is -0.132. The van der Waals surface area contributed by atoms with Crippen LogP contribution in [0.3, 0.4) is 0 Å². The van der Waals surface area contributed by atoms with Crippen LogP contribution in [0.25, 0.3) is 0 Å². The first-order valence-corrected chi connectivity index (χ1v) is 14.8. The third kappa shape index (κ3) is 12.0. The van der Waals surface area contributed by atoms with Crippen molar-refractivity contribution in [3.05, 3.63) is 71.8 Å². The Morgan fingerprint density at radius 3 is 2.03 bits per heavy atom. The van der Waals surface area contributed by atoms with Gasteiger partial charge in [-0.25, -0.2) is 0 Å². The average molecular weight is 516 g/mol. The van der Waals surface area contributed by atoms with E-state index in [9.17, 15) is 9.59 Å². The number of nitrogens with two attached hydrogens (primary N) is 1. The molecular formula is C28H41N3O2S2. The third-order valence-electron chi connectivity index (χ3n) is 5.64. The Labute approximate surface area is 219 Å². The summed E-state index contributed by atoms with van der Waals surface area (Å²) in [5.74, 6) is 2.69. The molecule has 0 radical (unpaired) electrons. The van der Waals surface area contributed by atoms with Crippen LogP contribution in [0.1, 0.15) is 50.7 Å². The van der Waals surface area contributed by atoms with Crippen LogP contribution in [0.5, 0.6) is 0 Å². The van der Waals surface area contributed by atoms with Gasteiger partial charge in [-0.1, -0.05) is 87.4 Å². The van der Waals surface area contributed by atoms with E-state index in [0.717, 1.165) is 37.2 Å². The zero-order valence-corrected chi connectivity index (χ0v) is 22.8. The highest BCUT2D eigenvalue weighted by atomic mass is 32.2. The summed E-state index contributed by atoms with van der Waals surface area (Å²) in [5.41, 5.74) is 7.42. The molecule has 5 nitrogen and oxygen atoms in total. The molecule has 0 aromatic heterocycles. The van der Waals surface area contributed by atoms with Crippen LogP contribution in [-0.2, 0) is 21.1 Å². The predicted octanol–water partition coefficient (Wildman–Crippen LogP) is 5.00. The number of rotatable bonds is 17. The standard InChI is InChI=1S/C28H41N3O2S2/c1-28(2,22-35-20-24-15-9-6-10-16-24)27(33)31-25(21-34-19-23-13-7-5-8-14-23)26(32)30-18-12-4-3-11-17-29/h5-10,13-16,25H,3-4,11-12,17-22,29H2,1-2H3,(H,30,32)(H,31,33)/t25-/m0/s1. The highest BCUT2D eigenvalue weighted by molar-refractivity contribution is 7.98. The fraction of sp³-hybridized carbons (Fsp3) is 0.500. The number of carbonyl (C=O) groups excluding carboxylic acids is 2. The lowest BCUT2D eigenvalue weighted by Gasteiger charge is -2.27. The largest absolute Gasteiger partial charge is 0.354 e. The van der Waals surface area contributed by atoms with Crippen LogP contribution in [0.4, 0.5) is 0 Å². The number of amides is 2. The molecule has 0 aliphatic carbocycles. The van der Waals surface area contributed by atoms with Crippen molar-refractivity contribution in [3.63, 3.8) is 0 Å². The van der Waals surface area contributed by atoms with E-state index in [2.05, 4.69) is 34.9 Å². The van der Waals surface area contributed by atoms with Gasteiger partial charge in [-0.2, -0.15) is 23.5 Å². The molecule has 0 saturated heterocycles. The summed E-state index contributed by atoms with van der Waals surface area (Å²) in [6, 6.07) is 19.9. The molecule has 35 heavy (non-hydrogen) atoms. The first-order chi connectivity index (χ1) is 16.9. The minimum atomic E-state index is -0.579. The number of unbranched alkanes of at least 4 members (excludes halogenated alkanes) is 3. The molecule has 4 N–H and O–H groups in total. The summed E-state index contributed by atoms with van der Waals surface area (Å²) in [7, 11) is 0. The van der Waals surface area contributed by atoms with E-state index in [1.165, 1.54) is 11.1 Å². The van der Waals surface area contributed by atoms with Crippen molar-refractivity contribution in [1.82, 2.24) is 10.6 Å². The lowest BCUT2D eigenvalue weighted by Crippen LogP contribution is -2.52. The van der Waals surface area contributed by atoms with Gasteiger partial charge in [-0.3, -0.25) is 9.59 Å². The third-order valence-corrected chi connectivity index (χ3v) is 8.21. The van der Waals surface area contributed by atoms with Crippen LogP contribution in [0.15, 0.2) is 60.7 Å². The highest BCUT2D eigenvalue weighted by Crippen LogP contribution is 2.25. The first-order valence-electron chi connectivity index (χ1n) is 12.4. The van der Waals surface area contributed by atoms with Crippen molar-refractivity contribution < 1.29 is 9.59 Å². The maximum absolute atomic E-state index is 13.2. The molecule has 0 bridgehead atoms. The second kappa shape index (κ2) is 16.7. The topological polar surface area (TPSA) is 84.2 Å². The summed E-state index contributed by atoms with van der Waals surface area (Å²) >= 11 is 3.41. The minimum Gasteiger partial charge on any atom is -0.354 e. The molecule has 0 heterocycles. The molecule has 0 saturated carbocycles. The van der Waals surface area contributed by atoms with Crippen molar-refractivity contribution in [3.8, 4) is 0 Å². The average Bonchev–Trinajstić information content (AvgIpc) is 2.86. The van der Waals surface area contributed by atoms with E-state index in [-0.39, 0.29) is 11.8 Å². The molecule has 0 aliphatic rings. The zero-order chi connectivity index (χ0) is 25.4. The minimum absolute atomic E-state index is 0.0820. The first kappa shape index (κ1) is 29.3. The second-order valence-electron chi connectivity index (χ2n) is 9.38. The van der Waals surface area contributed by atoms with Gasteiger partial charge in [0.05, 0.1) is 5.41 Å². The predicted molar refractivity (Wildman–Crippen MR) is 151 cm³/mol. The van der Waals surface area contributed by atoms with Gasteiger partial charge in [0.1, 0.15) is 6.04 Å². The molecule has 1 atom stereocenters. The summed E-state index contributed by atoms with van der Waals surface area (Å²) in [4.78, 5) is 26.1. The van der Waals surface area contributed by atoms with Gasteiger partial charge in [0.25, 0.3) is 0 Å². The Bertz CT molecular complexity index is 863. The fourth-order valence-electron chi connectivity index (χ4n) is 3.43. The summed E-state index contributed by atoms with van der Waals surface area (Å²) in [6.45, 7) is 5.22. The van der Waals surface area contributed by atoms with Crippen LogP contribution in [-0.4, -0.2) is 42.5 Å². The van der Waals surface area contributed by atoms with Gasteiger partial charge in [-0.05, 0) is 30.5 Å². The van der Waals surface area contributed by atoms with Crippen molar-refractivity contribution in [1.29, 1.82) is 0 Å². The van der Waals surface area contributed by atoms with Gasteiger partial charge in [0.15, 0.2) is 0 Å². The molecule has 0 unspecified atom stereocenters. The number of benzene rings is 2. The van der Waals surface area contributed by atoms with Crippen LogP contribution in [0.2, 0.25) is 0 Å². The monoisotopic (exact) mass is 515 g/mol. The molecule has 0 spiro atoms.